The quantitative estimate of drug-likeness (QED) is 0.688. The molecule has 1 amide bonds. The van der Waals surface area contributed by atoms with Gasteiger partial charge in [0.05, 0.1) is 17.7 Å². The number of nitrogens with one attached hydrogen (secondary N) is 1. The van der Waals surface area contributed by atoms with Gasteiger partial charge in [0.15, 0.2) is 6.61 Å². The second kappa shape index (κ2) is 10.1. The van der Waals surface area contributed by atoms with Gasteiger partial charge < -0.3 is 14.8 Å². The van der Waals surface area contributed by atoms with E-state index >= 15 is 0 Å². The Morgan fingerprint density at radius 2 is 1.73 bits per heavy atom. The second-order valence-electron chi connectivity index (χ2n) is 6.97. The van der Waals surface area contributed by atoms with Crippen molar-refractivity contribution in [3.05, 3.63) is 47.5 Å². The van der Waals surface area contributed by atoms with Gasteiger partial charge in [0.2, 0.25) is 10.0 Å². The monoisotopic (exact) mass is 452 g/mol. The minimum atomic E-state index is -3.65. The van der Waals surface area contributed by atoms with Crippen LogP contribution in [0.15, 0.2) is 47.4 Å². The Balaban J connectivity index is 1.73. The van der Waals surface area contributed by atoms with Gasteiger partial charge >= 0.3 is 0 Å². The Morgan fingerprint density at radius 1 is 1.07 bits per heavy atom. The number of hydrogen-bond acceptors (Lipinski definition) is 5. The van der Waals surface area contributed by atoms with Crippen LogP contribution in [0.2, 0.25) is 5.02 Å². The van der Waals surface area contributed by atoms with E-state index in [2.05, 4.69) is 5.32 Å². The number of halogens is 1. The summed E-state index contributed by atoms with van der Waals surface area (Å²) in [4.78, 5) is 12.5. The highest BCUT2D eigenvalue weighted by molar-refractivity contribution is 7.89. The lowest BCUT2D eigenvalue weighted by Crippen LogP contribution is -2.32. The summed E-state index contributed by atoms with van der Waals surface area (Å²) >= 11 is 5.83. The average Bonchev–Trinajstić information content (AvgIpc) is 3.03. The number of sulfonamides is 1. The number of rotatable bonds is 7. The summed E-state index contributed by atoms with van der Waals surface area (Å²) in [6.07, 6.45) is 3.76. The lowest BCUT2D eigenvalue weighted by atomic mass is 10.2. The van der Waals surface area contributed by atoms with Gasteiger partial charge in [0.1, 0.15) is 11.5 Å². The van der Waals surface area contributed by atoms with Crippen molar-refractivity contribution < 1.29 is 22.7 Å². The SMILES string of the molecule is COc1ccc(S(=O)(=O)N2CCCCCC2)cc1NC(=O)COc1ccc(Cl)cc1. The number of hydrogen-bond donors (Lipinski definition) is 1. The molecule has 3 rings (SSSR count). The van der Waals surface area contributed by atoms with Crippen LogP contribution in [0.3, 0.4) is 0 Å². The summed E-state index contributed by atoms with van der Waals surface area (Å²) in [7, 11) is -2.19. The summed E-state index contributed by atoms with van der Waals surface area (Å²) in [5.74, 6) is 0.427. The molecule has 0 aromatic heterocycles. The second-order valence-corrected chi connectivity index (χ2v) is 9.35. The van der Waals surface area contributed by atoms with Gasteiger partial charge in [-0.25, -0.2) is 8.42 Å². The lowest BCUT2D eigenvalue weighted by molar-refractivity contribution is -0.118. The van der Waals surface area contributed by atoms with E-state index in [1.165, 1.54) is 23.5 Å². The first-order valence-electron chi connectivity index (χ1n) is 9.76. The number of nitrogens with zero attached hydrogens (tertiary/aromatic N) is 1. The predicted octanol–water partition coefficient (Wildman–Crippen LogP) is 3.93. The number of benzene rings is 2. The minimum absolute atomic E-state index is 0.124. The molecule has 0 atom stereocenters. The molecule has 162 valence electrons. The van der Waals surface area contributed by atoms with Crippen molar-refractivity contribution in [2.45, 2.75) is 30.6 Å². The Labute approximate surface area is 182 Å². The van der Waals surface area contributed by atoms with Gasteiger partial charge in [-0.3, -0.25) is 4.79 Å². The van der Waals surface area contributed by atoms with E-state index in [4.69, 9.17) is 21.1 Å². The van der Waals surface area contributed by atoms with E-state index in [1.807, 2.05) is 0 Å². The van der Waals surface area contributed by atoms with E-state index in [-0.39, 0.29) is 17.2 Å². The third-order valence-electron chi connectivity index (χ3n) is 4.83. The maximum atomic E-state index is 13.1. The predicted molar refractivity (Wildman–Crippen MR) is 116 cm³/mol. The third-order valence-corrected chi connectivity index (χ3v) is 6.98. The maximum Gasteiger partial charge on any atom is 0.262 e. The van der Waals surface area contributed by atoms with Crippen molar-refractivity contribution >= 4 is 33.2 Å². The molecule has 1 fully saturated rings. The number of ether oxygens (including phenoxy) is 2. The standard InChI is InChI=1S/C21H25ClN2O5S/c1-28-20-11-10-18(30(26,27)24-12-4-2-3-5-13-24)14-19(20)23-21(25)15-29-17-8-6-16(22)7-9-17/h6-11,14H,2-5,12-13,15H2,1H3,(H,23,25). The molecular formula is C21H25ClN2O5S. The first kappa shape index (κ1) is 22.4. The molecule has 1 saturated heterocycles. The van der Waals surface area contributed by atoms with Crippen LogP contribution < -0.4 is 14.8 Å². The summed E-state index contributed by atoms with van der Waals surface area (Å²) in [5, 5.41) is 3.24. The van der Waals surface area contributed by atoms with Crippen LogP contribution in [-0.2, 0) is 14.8 Å². The molecule has 1 N–H and O–H groups in total. The third kappa shape index (κ3) is 5.65. The Bertz CT molecular complexity index is 971. The van der Waals surface area contributed by atoms with Crippen LogP contribution >= 0.6 is 11.6 Å². The molecule has 9 heteroatoms. The molecule has 2 aromatic carbocycles. The highest BCUT2D eigenvalue weighted by Gasteiger charge is 2.26. The Kier molecular flexibility index (Phi) is 7.58. The zero-order valence-electron chi connectivity index (χ0n) is 16.8. The first-order valence-corrected chi connectivity index (χ1v) is 11.6. The van der Waals surface area contributed by atoms with Crippen LogP contribution in [-0.4, -0.2) is 45.4 Å². The van der Waals surface area contributed by atoms with Gasteiger partial charge in [-0.15, -0.1) is 0 Å². The number of methoxy groups -OCH3 is 1. The topological polar surface area (TPSA) is 84.9 Å². The molecule has 1 aliphatic heterocycles. The molecule has 7 nitrogen and oxygen atoms in total. The Hall–Kier alpha value is -2.29. The molecule has 0 unspecified atom stereocenters. The van der Waals surface area contributed by atoms with E-state index < -0.39 is 15.9 Å². The molecular weight excluding hydrogens is 428 g/mol. The highest BCUT2D eigenvalue weighted by Crippen LogP contribution is 2.30. The maximum absolute atomic E-state index is 13.1. The van der Waals surface area contributed by atoms with Crippen molar-refractivity contribution in [1.29, 1.82) is 0 Å². The van der Waals surface area contributed by atoms with Gasteiger partial charge in [-0.1, -0.05) is 24.4 Å². The molecule has 1 aliphatic rings. The number of anilines is 1. The average molecular weight is 453 g/mol. The zero-order chi connectivity index (χ0) is 21.6. The van der Waals surface area contributed by atoms with E-state index in [1.54, 1.807) is 30.3 Å². The van der Waals surface area contributed by atoms with Crippen molar-refractivity contribution in [3.8, 4) is 11.5 Å². The minimum Gasteiger partial charge on any atom is -0.495 e. The first-order chi connectivity index (χ1) is 14.4. The zero-order valence-corrected chi connectivity index (χ0v) is 18.3. The fraction of sp³-hybridized carbons (Fsp3) is 0.381. The van der Waals surface area contributed by atoms with Gasteiger partial charge in [-0.05, 0) is 55.3 Å². The molecule has 30 heavy (non-hydrogen) atoms. The lowest BCUT2D eigenvalue weighted by Gasteiger charge is -2.21. The fourth-order valence-electron chi connectivity index (χ4n) is 3.24. The Morgan fingerprint density at radius 3 is 2.37 bits per heavy atom. The molecule has 0 bridgehead atoms. The van der Waals surface area contributed by atoms with E-state index in [0.29, 0.717) is 29.6 Å². The molecule has 0 radical (unpaired) electrons. The summed E-state index contributed by atoms with van der Waals surface area (Å²) in [5.41, 5.74) is 0.276. The van der Waals surface area contributed by atoms with Gasteiger partial charge in [0, 0.05) is 18.1 Å². The molecule has 0 saturated carbocycles. The van der Waals surface area contributed by atoms with Crippen LogP contribution in [0.5, 0.6) is 11.5 Å². The van der Waals surface area contributed by atoms with Crippen molar-refractivity contribution in [2.75, 3.05) is 32.1 Å². The summed E-state index contributed by atoms with van der Waals surface area (Å²) in [6, 6.07) is 11.1. The highest BCUT2D eigenvalue weighted by atomic mass is 35.5. The van der Waals surface area contributed by atoms with Gasteiger partial charge in [-0.2, -0.15) is 4.31 Å². The van der Waals surface area contributed by atoms with Crippen LogP contribution in [0.4, 0.5) is 5.69 Å². The number of amides is 1. The smallest absolute Gasteiger partial charge is 0.262 e. The van der Waals surface area contributed by atoms with Crippen LogP contribution in [0.1, 0.15) is 25.7 Å². The molecule has 1 heterocycles. The molecule has 0 aliphatic carbocycles. The van der Waals surface area contributed by atoms with E-state index in [9.17, 15) is 13.2 Å². The normalized spacial score (nSPS) is 15.3. The number of carbonyl (C=O) groups excluding carboxylic acids is 1. The summed E-state index contributed by atoms with van der Waals surface area (Å²) < 4.78 is 38.3. The van der Waals surface area contributed by atoms with Crippen LogP contribution in [0.25, 0.3) is 0 Å². The summed E-state index contributed by atoms with van der Waals surface area (Å²) in [6.45, 7) is 0.768. The van der Waals surface area contributed by atoms with Gasteiger partial charge in [0.25, 0.3) is 5.91 Å². The van der Waals surface area contributed by atoms with Crippen molar-refractivity contribution in [2.24, 2.45) is 0 Å². The van der Waals surface area contributed by atoms with Crippen molar-refractivity contribution in [1.82, 2.24) is 4.31 Å². The van der Waals surface area contributed by atoms with Crippen LogP contribution in [0, 0.1) is 0 Å². The van der Waals surface area contributed by atoms with E-state index in [0.717, 1.165) is 25.7 Å². The number of carbonyl (C=O) groups is 1. The van der Waals surface area contributed by atoms with Crippen molar-refractivity contribution in [3.63, 3.8) is 0 Å². The molecule has 2 aromatic rings. The largest absolute Gasteiger partial charge is 0.495 e. The fourth-order valence-corrected chi connectivity index (χ4v) is 4.91. The molecule has 0 spiro atoms.